The van der Waals surface area contributed by atoms with E-state index >= 15 is 0 Å². The first-order valence-electron chi connectivity index (χ1n) is 7.88. The van der Waals surface area contributed by atoms with Gasteiger partial charge in [0.25, 0.3) is 0 Å². The van der Waals surface area contributed by atoms with Crippen LogP contribution >= 0.6 is 0 Å². The molecule has 0 bridgehead atoms. The monoisotopic (exact) mass is 327 g/mol. The fourth-order valence-electron chi connectivity index (χ4n) is 3.24. The van der Waals surface area contributed by atoms with Crippen LogP contribution in [0, 0.1) is 5.92 Å². The predicted octanol–water partition coefficient (Wildman–Crippen LogP) is 3.46. The molecule has 2 aromatic carbocycles. The SMILES string of the molecule is C/C(=N\O)C1CC(c2ccccc2)(c2ccccc2)OOC1(C)O. The van der Waals surface area contributed by atoms with Gasteiger partial charge in [0.1, 0.15) is 0 Å². The van der Waals surface area contributed by atoms with E-state index in [0.717, 1.165) is 11.1 Å². The summed E-state index contributed by atoms with van der Waals surface area (Å²) in [6.07, 6.45) is 0.379. The number of hydrogen-bond donors (Lipinski definition) is 2. The number of aliphatic hydroxyl groups is 1. The molecular formula is C19H21NO4. The fourth-order valence-corrected chi connectivity index (χ4v) is 3.24. The Balaban J connectivity index is 2.14. The maximum Gasteiger partial charge on any atom is 0.204 e. The minimum atomic E-state index is -1.58. The molecule has 1 fully saturated rings. The quantitative estimate of drug-likeness (QED) is 0.392. The Morgan fingerprint density at radius 2 is 1.50 bits per heavy atom. The van der Waals surface area contributed by atoms with Crippen molar-refractivity contribution >= 4 is 5.71 Å². The number of nitrogens with zero attached hydrogens (tertiary/aromatic N) is 1. The lowest BCUT2D eigenvalue weighted by Crippen LogP contribution is -2.53. The van der Waals surface area contributed by atoms with Crippen LogP contribution in [0.4, 0.5) is 0 Å². The Hall–Kier alpha value is -2.21. The van der Waals surface area contributed by atoms with Crippen LogP contribution in [0.25, 0.3) is 0 Å². The van der Waals surface area contributed by atoms with Crippen molar-refractivity contribution in [3.8, 4) is 0 Å². The first kappa shape index (κ1) is 16.6. The minimum Gasteiger partial charge on any atom is -0.411 e. The molecule has 1 aliphatic rings. The van der Waals surface area contributed by atoms with Crippen molar-refractivity contribution in [2.24, 2.45) is 11.1 Å². The molecular weight excluding hydrogens is 306 g/mol. The highest BCUT2D eigenvalue weighted by Crippen LogP contribution is 2.47. The van der Waals surface area contributed by atoms with Crippen LogP contribution in [-0.2, 0) is 15.4 Å². The van der Waals surface area contributed by atoms with Crippen molar-refractivity contribution in [1.82, 2.24) is 0 Å². The van der Waals surface area contributed by atoms with Gasteiger partial charge in [-0.15, -0.1) is 0 Å². The van der Waals surface area contributed by atoms with Crippen molar-refractivity contribution in [2.75, 3.05) is 0 Å². The van der Waals surface area contributed by atoms with Gasteiger partial charge in [0, 0.05) is 6.42 Å². The molecule has 2 atom stereocenters. The highest BCUT2D eigenvalue weighted by Gasteiger charge is 2.52. The molecule has 5 nitrogen and oxygen atoms in total. The third-order valence-corrected chi connectivity index (χ3v) is 4.63. The third-order valence-electron chi connectivity index (χ3n) is 4.63. The van der Waals surface area contributed by atoms with Gasteiger partial charge in [0.15, 0.2) is 5.60 Å². The van der Waals surface area contributed by atoms with Crippen molar-refractivity contribution < 1.29 is 20.1 Å². The molecule has 1 aliphatic heterocycles. The van der Waals surface area contributed by atoms with Crippen molar-refractivity contribution in [3.63, 3.8) is 0 Å². The molecule has 24 heavy (non-hydrogen) atoms. The van der Waals surface area contributed by atoms with Gasteiger partial charge in [-0.25, -0.2) is 4.89 Å². The summed E-state index contributed by atoms with van der Waals surface area (Å²) in [5.74, 6) is -2.11. The maximum atomic E-state index is 10.5. The normalized spacial score (nSPS) is 27.0. The zero-order valence-corrected chi connectivity index (χ0v) is 13.7. The number of rotatable bonds is 3. The molecule has 1 saturated heterocycles. The number of oxime groups is 1. The minimum absolute atomic E-state index is 0.379. The van der Waals surface area contributed by atoms with Crippen LogP contribution in [0.1, 0.15) is 31.4 Å². The van der Waals surface area contributed by atoms with Crippen LogP contribution in [-0.4, -0.2) is 21.8 Å². The van der Waals surface area contributed by atoms with Gasteiger partial charge >= 0.3 is 0 Å². The molecule has 126 valence electrons. The average Bonchev–Trinajstić information content (AvgIpc) is 2.63. The van der Waals surface area contributed by atoms with E-state index < -0.39 is 17.3 Å². The summed E-state index contributed by atoms with van der Waals surface area (Å²) >= 11 is 0. The van der Waals surface area contributed by atoms with Gasteiger partial charge in [-0.3, -0.25) is 0 Å². The second kappa shape index (κ2) is 6.36. The van der Waals surface area contributed by atoms with Gasteiger partial charge in [0.2, 0.25) is 5.79 Å². The molecule has 0 saturated carbocycles. The average molecular weight is 327 g/mol. The van der Waals surface area contributed by atoms with E-state index in [-0.39, 0.29) is 0 Å². The van der Waals surface area contributed by atoms with E-state index in [0.29, 0.717) is 12.1 Å². The molecule has 0 aromatic heterocycles. The molecule has 2 N–H and O–H groups in total. The first-order chi connectivity index (χ1) is 11.5. The lowest BCUT2D eigenvalue weighted by atomic mass is 9.75. The number of hydrogen-bond acceptors (Lipinski definition) is 5. The smallest absolute Gasteiger partial charge is 0.204 e. The molecule has 0 radical (unpaired) electrons. The van der Waals surface area contributed by atoms with Gasteiger partial charge in [0.05, 0.1) is 11.6 Å². The molecule has 0 spiro atoms. The van der Waals surface area contributed by atoms with Crippen LogP contribution in [0.3, 0.4) is 0 Å². The zero-order chi connectivity index (χ0) is 17.2. The summed E-state index contributed by atoms with van der Waals surface area (Å²) in [7, 11) is 0. The van der Waals surface area contributed by atoms with E-state index in [1.54, 1.807) is 6.92 Å². The summed E-state index contributed by atoms with van der Waals surface area (Å²) in [6, 6.07) is 19.4. The Kier molecular flexibility index (Phi) is 4.41. The van der Waals surface area contributed by atoms with Crippen LogP contribution < -0.4 is 0 Å². The molecule has 0 aliphatic carbocycles. The van der Waals surface area contributed by atoms with E-state index in [9.17, 15) is 10.3 Å². The van der Waals surface area contributed by atoms with Crippen LogP contribution in [0.5, 0.6) is 0 Å². The number of benzene rings is 2. The standard InChI is InChI=1S/C19H21NO4/c1-14(20-22)17-13-19(24-23-18(17,2)21,15-9-5-3-6-10-15)16-11-7-4-8-12-16/h3-12,17,21-22H,13H2,1-2H3/b20-14+. The second-order valence-corrected chi connectivity index (χ2v) is 6.28. The van der Waals surface area contributed by atoms with Gasteiger partial charge in [-0.05, 0) is 25.0 Å². The summed E-state index contributed by atoms with van der Waals surface area (Å²) in [5, 5.41) is 23.0. The second-order valence-electron chi connectivity index (χ2n) is 6.28. The Morgan fingerprint density at radius 1 is 1.00 bits per heavy atom. The fraction of sp³-hybridized carbons (Fsp3) is 0.316. The zero-order valence-electron chi connectivity index (χ0n) is 13.7. The predicted molar refractivity (Wildman–Crippen MR) is 89.5 cm³/mol. The highest BCUT2D eigenvalue weighted by atomic mass is 17.2. The van der Waals surface area contributed by atoms with Gasteiger partial charge in [-0.1, -0.05) is 65.8 Å². The van der Waals surface area contributed by atoms with Gasteiger partial charge in [-0.2, -0.15) is 4.89 Å². The molecule has 5 heteroatoms. The van der Waals surface area contributed by atoms with Crippen molar-refractivity contribution in [1.29, 1.82) is 0 Å². The summed E-state index contributed by atoms with van der Waals surface area (Å²) in [5.41, 5.74) is 1.30. The van der Waals surface area contributed by atoms with Crippen molar-refractivity contribution in [3.05, 3.63) is 71.8 Å². The largest absolute Gasteiger partial charge is 0.411 e. The lowest BCUT2D eigenvalue weighted by molar-refractivity contribution is -0.486. The molecule has 3 rings (SSSR count). The Morgan fingerprint density at radius 3 is 1.96 bits per heavy atom. The van der Waals surface area contributed by atoms with Crippen LogP contribution in [0.2, 0.25) is 0 Å². The highest BCUT2D eigenvalue weighted by molar-refractivity contribution is 5.85. The lowest BCUT2D eigenvalue weighted by Gasteiger charge is -2.46. The molecule has 0 amide bonds. The Bertz CT molecular complexity index is 673. The first-order valence-corrected chi connectivity index (χ1v) is 7.88. The van der Waals surface area contributed by atoms with E-state index in [2.05, 4.69) is 5.16 Å². The van der Waals surface area contributed by atoms with Crippen LogP contribution in [0.15, 0.2) is 65.8 Å². The summed E-state index contributed by atoms with van der Waals surface area (Å²) in [6.45, 7) is 3.17. The van der Waals surface area contributed by atoms with E-state index in [1.807, 2.05) is 60.7 Å². The van der Waals surface area contributed by atoms with Gasteiger partial charge < -0.3 is 10.3 Å². The Labute approximate surface area is 141 Å². The topological polar surface area (TPSA) is 71.3 Å². The third kappa shape index (κ3) is 2.82. The summed E-state index contributed by atoms with van der Waals surface area (Å²) in [4.78, 5) is 11.2. The summed E-state index contributed by atoms with van der Waals surface area (Å²) < 4.78 is 0. The molecule has 2 unspecified atom stereocenters. The van der Waals surface area contributed by atoms with E-state index in [4.69, 9.17) is 9.78 Å². The molecule has 2 aromatic rings. The van der Waals surface area contributed by atoms with E-state index in [1.165, 1.54) is 6.92 Å². The molecule has 1 heterocycles. The van der Waals surface area contributed by atoms with Crippen molar-refractivity contribution in [2.45, 2.75) is 31.7 Å². The maximum absolute atomic E-state index is 10.5.